The monoisotopic (exact) mass is 1150 g/mol. The van der Waals surface area contributed by atoms with Gasteiger partial charge >= 0.3 is 5.97 Å². The molecule has 8 amide bonds. The number of benzene rings is 4. The van der Waals surface area contributed by atoms with Gasteiger partial charge in [-0.1, -0.05) is 163 Å². The van der Waals surface area contributed by atoms with E-state index in [1.165, 1.54) is 20.8 Å². The first-order chi connectivity index (χ1) is 38.8. The third-order valence-electron chi connectivity index (χ3n) is 13.6. The number of Topliss-reactive ketones (excluding diaryl/α,β-unsaturated/α-hetero) is 1. The Labute approximate surface area is 479 Å². The zero-order chi connectivity index (χ0) is 60.4. The van der Waals surface area contributed by atoms with Crippen LogP contribution in [0.4, 0.5) is 0 Å². The summed E-state index contributed by atoms with van der Waals surface area (Å²) in [7, 11) is 0. The minimum absolute atomic E-state index is 0.00386. The van der Waals surface area contributed by atoms with Crippen molar-refractivity contribution in [2.24, 2.45) is 23.5 Å². The van der Waals surface area contributed by atoms with E-state index in [-0.39, 0.29) is 48.7 Å². The quantitative estimate of drug-likeness (QED) is 0.0479. The molecule has 0 unspecified atom stereocenters. The van der Waals surface area contributed by atoms with Crippen molar-refractivity contribution in [1.82, 2.24) is 37.2 Å². The number of rotatable bonds is 19. The SMILES string of the molecule is CC(C)CC(=O)N[C@@H](Cc1ccccc1)C(=O)N[C@H](C(=O)N[C@@H]1C(=O)N[C@@H](CC(C)C)C(=O)C(=P(c2ccccc2)(c2ccccc2)c2ccccc2)C(=O)N[C@@H](CC(C)C)C(=O)N[C@@H](CC(N)=O)C(=O)N[C@H](C)C(=O)O[C@@H]1C)[C@@H](C)O. The third kappa shape index (κ3) is 17.5. The van der Waals surface area contributed by atoms with E-state index < -0.39 is 127 Å². The number of nitrogens with two attached hydrogens (primary N) is 1. The molecule has 0 aromatic heterocycles. The molecular weight excluding hydrogens is 1070 g/mol. The van der Waals surface area contributed by atoms with Crippen LogP contribution >= 0.6 is 6.89 Å². The maximum absolute atomic E-state index is 16.4. The Bertz CT molecular complexity index is 2860. The highest BCUT2D eigenvalue weighted by molar-refractivity contribution is 7.97. The van der Waals surface area contributed by atoms with Crippen LogP contribution in [-0.4, -0.2) is 124 Å². The Hall–Kier alpha value is -7.96. The van der Waals surface area contributed by atoms with E-state index in [4.69, 9.17) is 10.5 Å². The molecule has 1 aliphatic rings. The first-order valence-electron chi connectivity index (χ1n) is 27.6. The van der Waals surface area contributed by atoms with Gasteiger partial charge < -0.3 is 52.8 Å². The molecule has 21 heteroatoms. The number of hydrogen-bond donors (Lipinski definition) is 9. The lowest BCUT2D eigenvalue weighted by Gasteiger charge is -2.35. The minimum Gasteiger partial charge on any atom is -0.458 e. The molecular formula is C61H79N8O12P. The summed E-state index contributed by atoms with van der Waals surface area (Å²) in [5.74, 6) is -10.3. The molecule has 0 aliphatic carbocycles. The van der Waals surface area contributed by atoms with Gasteiger partial charge in [0.15, 0.2) is 5.78 Å². The lowest BCUT2D eigenvalue weighted by atomic mass is 9.96. The number of carbonyl (C=O) groups is 10. The van der Waals surface area contributed by atoms with Crippen LogP contribution < -0.4 is 58.9 Å². The van der Waals surface area contributed by atoms with Gasteiger partial charge in [-0.25, -0.2) is 4.79 Å². The molecule has 440 valence electrons. The molecule has 0 bridgehead atoms. The molecule has 9 atom stereocenters. The van der Waals surface area contributed by atoms with Crippen LogP contribution in [0.2, 0.25) is 0 Å². The van der Waals surface area contributed by atoms with Crippen molar-refractivity contribution in [3.05, 3.63) is 127 Å². The van der Waals surface area contributed by atoms with Gasteiger partial charge in [-0.2, -0.15) is 0 Å². The summed E-state index contributed by atoms with van der Waals surface area (Å²) in [6.45, 7) is 10.7. The second-order valence-corrected chi connectivity index (χ2v) is 25.3. The van der Waals surface area contributed by atoms with E-state index in [9.17, 15) is 38.7 Å². The van der Waals surface area contributed by atoms with Gasteiger partial charge in [0.1, 0.15) is 42.4 Å². The number of nitrogens with one attached hydrogen (secondary N) is 7. The van der Waals surface area contributed by atoms with Crippen LogP contribution in [0.5, 0.6) is 0 Å². The molecule has 10 N–H and O–H groups in total. The van der Waals surface area contributed by atoms with Crippen molar-refractivity contribution < 1.29 is 57.8 Å². The smallest absolute Gasteiger partial charge is 0.328 e. The van der Waals surface area contributed by atoms with Crippen molar-refractivity contribution in [1.29, 1.82) is 0 Å². The van der Waals surface area contributed by atoms with Crippen molar-refractivity contribution in [2.45, 2.75) is 149 Å². The number of primary amides is 1. The lowest BCUT2D eigenvalue weighted by Crippen LogP contribution is -2.63. The highest BCUT2D eigenvalue weighted by Gasteiger charge is 2.44. The number of aliphatic hydroxyl groups is 1. The normalized spacial score (nSPS) is 20.9. The number of hydrogen-bond acceptors (Lipinski definition) is 12. The van der Waals surface area contributed by atoms with E-state index in [0.717, 1.165) is 0 Å². The molecule has 0 spiro atoms. The molecule has 4 aromatic carbocycles. The Morgan fingerprint density at radius 1 is 0.598 bits per heavy atom. The van der Waals surface area contributed by atoms with Crippen LogP contribution in [0, 0.1) is 17.8 Å². The van der Waals surface area contributed by atoms with Crippen molar-refractivity contribution in [3.63, 3.8) is 0 Å². The van der Waals surface area contributed by atoms with Crippen LogP contribution in [0.15, 0.2) is 121 Å². The lowest BCUT2D eigenvalue weighted by molar-refractivity contribution is -0.156. The summed E-state index contributed by atoms with van der Waals surface area (Å²) < 4.78 is 5.79. The topological polar surface area (TPSA) is 310 Å². The third-order valence-corrected chi connectivity index (χ3v) is 17.9. The summed E-state index contributed by atoms with van der Waals surface area (Å²) in [5, 5.41) is 30.9. The van der Waals surface area contributed by atoms with Gasteiger partial charge in [0.05, 0.1) is 23.9 Å². The molecule has 1 aliphatic heterocycles. The zero-order valence-corrected chi connectivity index (χ0v) is 48.9. The van der Waals surface area contributed by atoms with Crippen LogP contribution in [-0.2, 0) is 59.1 Å². The van der Waals surface area contributed by atoms with Crippen molar-refractivity contribution >= 4 is 87.1 Å². The van der Waals surface area contributed by atoms with Gasteiger partial charge in [0, 0.05) is 12.8 Å². The Morgan fingerprint density at radius 3 is 1.55 bits per heavy atom. The number of ether oxygens (including phenoxy) is 1. The fourth-order valence-corrected chi connectivity index (χ4v) is 14.1. The zero-order valence-electron chi connectivity index (χ0n) is 48.0. The van der Waals surface area contributed by atoms with Crippen molar-refractivity contribution in [2.75, 3.05) is 0 Å². The summed E-state index contributed by atoms with van der Waals surface area (Å²) in [6, 6.07) is 24.2. The average Bonchev–Trinajstić information content (AvgIpc) is 1.07. The van der Waals surface area contributed by atoms with E-state index in [1.807, 2.05) is 13.8 Å². The second-order valence-electron chi connectivity index (χ2n) is 22.0. The number of cyclic esters (lactones) is 1. The predicted octanol–water partition coefficient (Wildman–Crippen LogP) is 1.72. The molecule has 82 heavy (non-hydrogen) atoms. The molecule has 20 nitrogen and oxygen atoms in total. The fraction of sp³-hybridized carbons (Fsp3) is 0.426. The first-order valence-corrected chi connectivity index (χ1v) is 29.4. The standard InChI is InChI=1S/C61H79N8O12P/c1-35(2)30-45-53(73)54(82(42-24-16-11-17-25-42,43-26-18-12-19-27-43)44-28-20-13-21-29-44)60(79)67-46(31-36(3)4)56(75)66-48(34-49(62)71)55(74)63-38(7)61(80)81-40(9)52(59(78)65-45)69-58(77)51(39(8)70)68-57(76)47(64-50(72)32-37(5)6)33-41-22-14-10-15-23-41/h10-29,35-40,45-48,51-52,70H,30-34H2,1-9H3,(H2,62,71)(H,63,74)(H,64,72)(H,65,78)(H,66,75)(H,67,79)(H,68,76)(H,69,77)/t38-,39-,40-,45+,46+,47+,48+,51+,52+/m1/s1. The van der Waals surface area contributed by atoms with E-state index in [2.05, 4.69) is 37.2 Å². The molecule has 1 fully saturated rings. The number of carbonyl (C=O) groups excluding carboxylic acids is 10. The van der Waals surface area contributed by atoms with Crippen LogP contribution in [0.25, 0.3) is 0 Å². The van der Waals surface area contributed by atoms with Crippen LogP contribution in [0.3, 0.4) is 0 Å². The molecule has 4 aromatic rings. The van der Waals surface area contributed by atoms with E-state index in [0.29, 0.717) is 21.5 Å². The van der Waals surface area contributed by atoms with Gasteiger partial charge in [-0.15, -0.1) is 0 Å². The van der Waals surface area contributed by atoms with Gasteiger partial charge in [0.25, 0.3) is 5.91 Å². The summed E-state index contributed by atoms with van der Waals surface area (Å²) in [4.78, 5) is 145. The number of aliphatic hydroxyl groups excluding tert-OH is 1. The van der Waals surface area contributed by atoms with Gasteiger partial charge in [-0.05, 0) is 79.7 Å². The Balaban J connectivity index is 1.77. The predicted molar refractivity (Wildman–Crippen MR) is 314 cm³/mol. The number of esters is 1. The van der Waals surface area contributed by atoms with Gasteiger partial charge in [-0.3, -0.25) is 43.2 Å². The van der Waals surface area contributed by atoms with Crippen molar-refractivity contribution in [3.8, 4) is 0 Å². The average molecular weight is 1150 g/mol. The molecule has 5 rings (SSSR count). The summed E-state index contributed by atoms with van der Waals surface area (Å²) >= 11 is 0. The second kappa shape index (κ2) is 30.2. The Kier molecular flexibility index (Phi) is 23.9. The largest absolute Gasteiger partial charge is 0.458 e. The summed E-state index contributed by atoms with van der Waals surface area (Å²) in [6.07, 6.45) is -4.13. The molecule has 1 heterocycles. The fourth-order valence-electron chi connectivity index (χ4n) is 9.67. The molecule has 1 saturated heterocycles. The van der Waals surface area contributed by atoms with E-state index in [1.54, 1.807) is 149 Å². The van der Waals surface area contributed by atoms with E-state index >= 15 is 14.4 Å². The highest BCUT2D eigenvalue weighted by atomic mass is 31.2. The molecule has 0 radical (unpaired) electrons. The summed E-state index contributed by atoms with van der Waals surface area (Å²) in [5.41, 5.74) is 6.26. The number of ketones is 1. The molecule has 0 saturated carbocycles. The maximum atomic E-state index is 16.4. The first kappa shape index (κ1) is 64.9. The van der Waals surface area contributed by atoms with Crippen LogP contribution in [0.1, 0.15) is 93.6 Å². The highest BCUT2D eigenvalue weighted by Crippen LogP contribution is 2.47. The maximum Gasteiger partial charge on any atom is 0.328 e. The minimum atomic E-state index is -3.75. The van der Waals surface area contributed by atoms with Gasteiger partial charge in [0.2, 0.25) is 41.4 Å². The number of amides is 8. The Morgan fingerprint density at radius 2 is 1.07 bits per heavy atom.